The highest BCUT2D eigenvalue weighted by Gasteiger charge is 2.15. The van der Waals surface area contributed by atoms with E-state index < -0.39 is 0 Å². The van der Waals surface area contributed by atoms with E-state index in [0.717, 1.165) is 22.4 Å². The first-order valence-corrected chi connectivity index (χ1v) is 9.11. The second-order valence-electron chi connectivity index (χ2n) is 6.04. The number of nitriles is 1. The topological polar surface area (TPSA) is 91.1 Å². The second kappa shape index (κ2) is 7.58. The molecule has 0 aliphatic carbocycles. The van der Waals surface area contributed by atoms with Crippen molar-refractivity contribution in [2.45, 2.75) is 6.54 Å². The fraction of sp³-hybridized carbons (Fsp3) is 0.0500. The number of phenolic OH excluding ortho intramolecular Hbond substituents is 1. The van der Waals surface area contributed by atoms with Crippen LogP contribution in [0.25, 0.3) is 11.1 Å². The molecule has 0 saturated heterocycles. The van der Waals surface area contributed by atoms with Gasteiger partial charge in [0.2, 0.25) is 0 Å². The second-order valence-corrected chi connectivity index (χ2v) is 6.89. The Morgan fingerprint density at radius 3 is 2.64 bits per heavy atom. The van der Waals surface area contributed by atoms with Gasteiger partial charge in [0.1, 0.15) is 18.4 Å². The van der Waals surface area contributed by atoms with Crippen LogP contribution in [-0.2, 0) is 6.54 Å². The predicted molar refractivity (Wildman–Crippen MR) is 106 cm³/mol. The molecule has 2 aromatic carbocycles. The van der Waals surface area contributed by atoms with Gasteiger partial charge in [0.25, 0.3) is 0 Å². The van der Waals surface area contributed by atoms with Crippen LogP contribution in [0.5, 0.6) is 5.75 Å². The number of rotatable bonds is 5. The van der Waals surface area contributed by atoms with Crippen LogP contribution in [0.2, 0.25) is 0 Å². The van der Waals surface area contributed by atoms with E-state index in [-0.39, 0.29) is 5.75 Å². The molecule has 0 amide bonds. The minimum atomic E-state index is 0.181. The number of furan rings is 1. The van der Waals surface area contributed by atoms with Gasteiger partial charge in [-0.2, -0.15) is 5.26 Å². The first-order valence-electron chi connectivity index (χ1n) is 8.32. The molecule has 28 heavy (non-hydrogen) atoms. The van der Waals surface area contributed by atoms with E-state index in [4.69, 9.17) is 4.42 Å². The average Bonchev–Trinajstić information content (AvgIpc) is 3.42. The molecule has 0 unspecified atom stereocenters. The molecule has 0 radical (unpaired) electrons. The number of aromatic hydroxyl groups is 1. The molecule has 0 saturated carbocycles. The number of phenols is 1. The maximum Gasteiger partial charge on any atom is 0.139 e. The smallest absolute Gasteiger partial charge is 0.139 e. The zero-order chi connectivity index (χ0) is 19.5. The summed E-state index contributed by atoms with van der Waals surface area (Å²) in [6.07, 6.45) is 6.39. The lowest BCUT2D eigenvalue weighted by molar-refractivity contribution is 0.471. The minimum absolute atomic E-state index is 0.181. The molecule has 1 N–H and O–H groups in total. The quantitative estimate of drug-likeness (QED) is 0.500. The summed E-state index contributed by atoms with van der Waals surface area (Å²) in [6, 6.07) is 15.0. The Morgan fingerprint density at radius 1 is 1.14 bits per heavy atom. The van der Waals surface area contributed by atoms with Crippen molar-refractivity contribution in [2.24, 2.45) is 0 Å². The third-order valence-electron chi connectivity index (χ3n) is 4.28. The number of hydrogen-bond donors (Lipinski definition) is 1. The fourth-order valence-corrected chi connectivity index (χ4v) is 3.32. The summed E-state index contributed by atoms with van der Waals surface area (Å²) in [5.74, 6) is 0.181. The number of halogens is 1. The summed E-state index contributed by atoms with van der Waals surface area (Å²) in [5.41, 5.74) is 3.97. The van der Waals surface area contributed by atoms with Gasteiger partial charge >= 0.3 is 0 Å². The Balaban J connectivity index is 1.78. The minimum Gasteiger partial charge on any atom is -0.507 e. The van der Waals surface area contributed by atoms with E-state index in [9.17, 15) is 10.4 Å². The van der Waals surface area contributed by atoms with Gasteiger partial charge in [-0.15, -0.1) is 10.2 Å². The molecule has 0 aliphatic heterocycles. The number of aromatic nitrogens is 3. The molecule has 4 rings (SSSR count). The van der Waals surface area contributed by atoms with Gasteiger partial charge in [0.05, 0.1) is 40.9 Å². The molecule has 7 nitrogen and oxygen atoms in total. The molecule has 0 atom stereocenters. The third-order valence-corrected chi connectivity index (χ3v) is 4.92. The van der Waals surface area contributed by atoms with Crippen LogP contribution in [0.3, 0.4) is 0 Å². The van der Waals surface area contributed by atoms with Crippen molar-refractivity contribution >= 4 is 21.6 Å². The Hall–Kier alpha value is -3.57. The monoisotopic (exact) mass is 435 g/mol. The summed E-state index contributed by atoms with van der Waals surface area (Å²) in [6.45, 7) is 0.494. The molecule has 8 heteroatoms. The highest BCUT2D eigenvalue weighted by atomic mass is 79.9. The zero-order valence-corrected chi connectivity index (χ0v) is 16.1. The van der Waals surface area contributed by atoms with Crippen molar-refractivity contribution in [1.82, 2.24) is 14.9 Å². The maximum atomic E-state index is 9.75. The van der Waals surface area contributed by atoms with Crippen molar-refractivity contribution in [3.05, 3.63) is 83.2 Å². The Kier molecular flexibility index (Phi) is 4.83. The summed E-state index contributed by atoms with van der Waals surface area (Å²) < 4.78 is 7.57. The van der Waals surface area contributed by atoms with Crippen LogP contribution in [0.4, 0.5) is 5.69 Å². The normalized spacial score (nSPS) is 10.6. The summed E-state index contributed by atoms with van der Waals surface area (Å²) in [5, 5.41) is 29.0. The van der Waals surface area contributed by atoms with Crippen LogP contribution in [-0.4, -0.2) is 20.0 Å². The molecule has 0 spiro atoms. The van der Waals surface area contributed by atoms with Crippen LogP contribution in [0, 0.1) is 11.3 Å². The number of nitrogens with zero attached hydrogens (tertiary/aromatic N) is 5. The van der Waals surface area contributed by atoms with Crippen molar-refractivity contribution in [2.75, 3.05) is 5.01 Å². The highest BCUT2D eigenvalue weighted by molar-refractivity contribution is 9.10. The highest BCUT2D eigenvalue weighted by Crippen LogP contribution is 2.31. The van der Waals surface area contributed by atoms with E-state index in [2.05, 4.69) is 32.2 Å². The number of anilines is 1. The molecule has 0 aliphatic rings. The molecule has 0 fully saturated rings. The first-order chi connectivity index (χ1) is 13.7. The first kappa shape index (κ1) is 17.8. The van der Waals surface area contributed by atoms with E-state index >= 15 is 0 Å². The van der Waals surface area contributed by atoms with Crippen LogP contribution in [0.15, 0.2) is 76.5 Å². The van der Waals surface area contributed by atoms with E-state index in [1.807, 2.05) is 35.3 Å². The molecular weight excluding hydrogens is 422 g/mol. The van der Waals surface area contributed by atoms with Crippen molar-refractivity contribution in [3.8, 4) is 22.9 Å². The Bertz CT molecular complexity index is 1130. The van der Waals surface area contributed by atoms with Crippen molar-refractivity contribution in [3.63, 3.8) is 0 Å². The summed E-state index contributed by atoms with van der Waals surface area (Å²) in [7, 11) is 0. The lowest BCUT2D eigenvalue weighted by atomic mass is 10.0. The van der Waals surface area contributed by atoms with Crippen LogP contribution in [0.1, 0.15) is 11.1 Å². The fourth-order valence-electron chi connectivity index (χ4n) is 2.89. The Labute approximate surface area is 169 Å². The van der Waals surface area contributed by atoms with E-state index in [0.29, 0.717) is 16.6 Å². The van der Waals surface area contributed by atoms with Crippen LogP contribution >= 0.6 is 15.9 Å². The largest absolute Gasteiger partial charge is 0.507 e. The summed E-state index contributed by atoms with van der Waals surface area (Å²) in [4.78, 5) is 0. The lowest BCUT2D eigenvalue weighted by Crippen LogP contribution is -2.28. The number of benzene rings is 2. The van der Waals surface area contributed by atoms with Crippen LogP contribution < -0.4 is 5.01 Å². The third kappa shape index (κ3) is 3.48. The molecule has 0 bridgehead atoms. The standard InChI is InChI=1S/C20H14BrN5O2/c21-19-7-14(1-4-20(19)27)10-26(25-12-23-24-13-25)17-3-2-15(9-22)18(8-17)16-5-6-28-11-16/h1-8,11-13,27H,10H2. The van der Waals surface area contributed by atoms with E-state index in [1.165, 1.54) is 0 Å². The predicted octanol–water partition coefficient (Wildman–Crippen LogP) is 4.35. The van der Waals surface area contributed by atoms with Gasteiger partial charge in [0, 0.05) is 11.1 Å². The Morgan fingerprint density at radius 2 is 1.96 bits per heavy atom. The maximum absolute atomic E-state index is 9.75. The average molecular weight is 436 g/mol. The molecule has 2 heterocycles. The molecule has 4 aromatic rings. The van der Waals surface area contributed by atoms with Gasteiger partial charge in [-0.05, 0) is 57.9 Å². The van der Waals surface area contributed by atoms with Gasteiger partial charge < -0.3 is 9.52 Å². The van der Waals surface area contributed by atoms with Crippen molar-refractivity contribution in [1.29, 1.82) is 5.26 Å². The number of hydrogen-bond acceptors (Lipinski definition) is 6. The molecular formula is C20H14BrN5O2. The van der Waals surface area contributed by atoms with E-state index in [1.54, 1.807) is 42.0 Å². The van der Waals surface area contributed by atoms with Gasteiger partial charge in [0.15, 0.2) is 0 Å². The van der Waals surface area contributed by atoms with Gasteiger partial charge in [-0.3, -0.25) is 5.01 Å². The molecule has 2 aromatic heterocycles. The lowest BCUT2D eigenvalue weighted by Gasteiger charge is -2.26. The zero-order valence-electron chi connectivity index (χ0n) is 14.5. The van der Waals surface area contributed by atoms with Crippen molar-refractivity contribution < 1.29 is 9.52 Å². The summed E-state index contributed by atoms with van der Waals surface area (Å²) >= 11 is 3.35. The van der Waals surface area contributed by atoms with Gasteiger partial charge in [-0.1, -0.05) is 6.07 Å². The SMILES string of the molecule is N#Cc1ccc(N(Cc2ccc(O)c(Br)c2)n2cnnc2)cc1-c1ccoc1. The molecule has 138 valence electrons. The van der Waals surface area contributed by atoms with Gasteiger partial charge in [-0.25, -0.2) is 4.68 Å².